The first-order valence-electron chi connectivity index (χ1n) is 16.2. The van der Waals surface area contributed by atoms with Crippen LogP contribution in [0.5, 0.6) is 11.5 Å². The smallest absolute Gasteiger partial charge is 0.411 e. The largest absolute Gasteiger partial charge is 0.465 e. The highest BCUT2D eigenvalue weighted by atomic mass is 16.6. The lowest BCUT2D eigenvalue weighted by Gasteiger charge is -2.31. The first-order valence-corrected chi connectivity index (χ1v) is 16.2. The average molecular weight is 632 g/mol. The zero-order valence-electron chi connectivity index (χ0n) is 26.4. The van der Waals surface area contributed by atoms with Crippen LogP contribution in [-0.2, 0) is 15.9 Å². The fourth-order valence-corrected chi connectivity index (χ4v) is 5.27. The molecule has 10 nitrogen and oxygen atoms in total. The summed E-state index contributed by atoms with van der Waals surface area (Å²) in [7, 11) is 0. The quantitative estimate of drug-likeness (QED) is 0.155. The molecular formula is C36H45N3O7. The molecule has 1 aliphatic heterocycles. The molecule has 46 heavy (non-hydrogen) atoms. The van der Waals surface area contributed by atoms with Gasteiger partial charge in [-0.25, -0.2) is 14.4 Å². The van der Waals surface area contributed by atoms with Gasteiger partial charge in [0, 0.05) is 44.7 Å². The molecule has 3 aromatic rings. The summed E-state index contributed by atoms with van der Waals surface area (Å²) in [6, 6.07) is 26.7. The second-order valence-electron chi connectivity index (χ2n) is 11.3. The van der Waals surface area contributed by atoms with Gasteiger partial charge in [0.05, 0.1) is 6.61 Å². The number of nitrogens with zero attached hydrogens (tertiary/aromatic N) is 2. The van der Waals surface area contributed by atoms with Gasteiger partial charge in [-0.1, -0.05) is 55.0 Å². The van der Waals surface area contributed by atoms with Gasteiger partial charge in [-0.3, -0.25) is 4.90 Å². The Bertz CT molecular complexity index is 1330. The van der Waals surface area contributed by atoms with Crippen LogP contribution in [0.15, 0.2) is 84.9 Å². The van der Waals surface area contributed by atoms with Crippen molar-refractivity contribution in [2.24, 2.45) is 0 Å². The lowest BCUT2D eigenvalue weighted by Crippen LogP contribution is -2.42. The summed E-state index contributed by atoms with van der Waals surface area (Å²) in [6.07, 6.45) is 5.10. The molecule has 0 aliphatic carbocycles. The molecule has 1 fully saturated rings. The van der Waals surface area contributed by atoms with E-state index in [1.165, 1.54) is 10.5 Å². The number of rotatable bonds is 16. The number of benzene rings is 3. The van der Waals surface area contributed by atoms with Crippen molar-refractivity contribution in [1.29, 1.82) is 0 Å². The number of hydrogen-bond donors (Lipinski definition) is 2. The lowest BCUT2D eigenvalue weighted by molar-refractivity contribution is 0.0417. The molecule has 1 aliphatic rings. The van der Waals surface area contributed by atoms with Crippen molar-refractivity contribution in [1.82, 2.24) is 10.2 Å². The van der Waals surface area contributed by atoms with Crippen molar-refractivity contribution >= 4 is 24.0 Å². The Morgan fingerprint density at radius 2 is 1.43 bits per heavy atom. The van der Waals surface area contributed by atoms with Crippen LogP contribution in [0.1, 0.15) is 56.9 Å². The number of anilines is 1. The van der Waals surface area contributed by atoms with Crippen LogP contribution in [0, 0.1) is 0 Å². The third-order valence-corrected chi connectivity index (χ3v) is 7.84. The van der Waals surface area contributed by atoms with E-state index in [4.69, 9.17) is 14.2 Å². The predicted octanol–water partition coefficient (Wildman–Crippen LogP) is 7.87. The summed E-state index contributed by atoms with van der Waals surface area (Å²) in [5, 5.41) is 12.5. The van der Waals surface area contributed by atoms with Crippen molar-refractivity contribution < 1.29 is 33.7 Å². The molecule has 1 saturated heterocycles. The number of para-hydroxylation sites is 1. The van der Waals surface area contributed by atoms with Gasteiger partial charge < -0.3 is 29.5 Å². The van der Waals surface area contributed by atoms with Crippen molar-refractivity contribution in [3.05, 3.63) is 90.5 Å². The van der Waals surface area contributed by atoms with Gasteiger partial charge in [-0.15, -0.1) is 0 Å². The highest BCUT2D eigenvalue weighted by molar-refractivity contribution is 5.86. The molecule has 0 spiro atoms. The molecule has 0 radical (unpaired) electrons. The molecule has 246 valence electrons. The van der Waals surface area contributed by atoms with Gasteiger partial charge in [0.25, 0.3) is 0 Å². The van der Waals surface area contributed by atoms with E-state index in [0.29, 0.717) is 75.7 Å². The second kappa shape index (κ2) is 18.9. The van der Waals surface area contributed by atoms with E-state index in [1.807, 2.05) is 48.5 Å². The molecule has 0 bridgehead atoms. The minimum atomic E-state index is -1.00. The summed E-state index contributed by atoms with van der Waals surface area (Å²) in [4.78, 5) is 39.5. The van der Waals surface area contributed by atoms with Crippen LogP contribution in [0.4, 0.5) is 20.1 Å². The van der Waals surface area contributed by atoms with Crippen molar-refractivity contribution in [3.63, 3.8) is 0 Å². The van der Waals surface area contributed by atoms with Gasteiger partial charge in [0.15, 0.2) is 0 Å². The van der Waals surface area contributed by atoms with E-state index < -0.39 is 12.2 Å². The monoisotopic (exact) mass is 631 g/mol. The molecule has 0 unspecified atom stereocenters. The summed E-state index contributed by atoms with van der Waals surface area (Å²) >= 11 is 0. The van der Waals surface area contributed by atoms with Gasteiger partial charge in [-0.05, 0) is 80.5 Å². The van der Waals surface area contributed by atoms with Crippen LogP contribution >= 0.6 is 0 Å². The molecule has 3 aromatic carbocycles. The Morgan fingerprint density at radius 1 is 0.783 bits per heavy atom. The number of carboxylic acid groups (broad SMARTS) is 1. The number of likely N-dealkylation sites (tertiary alicyclic amines) is 1. The highest BCUT2D eigenvalue weighted by Gasteiger charge is 2.26. The van der Waals surface area contributed by atoms with E-state index in [9.17, 15) is 19.5 Å². The Morgan fingerprint density at radius 3 is 2.13 bits per heavy atom. The van der Waals surface area contributed by atoms with Crippen molar-refractivity contribution in [2.75, 3.05) is 37.7 Å². The van der Waals surface area contributed by atoms with E-state index in [-0.39, 0.29) is 12.2 Å². The first kappa shape index (κ1) is 34.1. The first-order chi connectivity index (χ1) is 22.5. The average Bonchev–Trinajstić information content (AvgIpc) is 3.07. The highest BCUT2D eigenvalue weighted by Crippen LogP contribution is 2.25. The van der Waals surface area contributed by atoms with E-state index in [0.717, 1.165) is 32.1 Å². The maximum atomic E-state index is 12.5. The van der Waals surface area contributed by atoms with E-state index >= 15 is 0 Å². The number of carbonyl (C=O) groups is 3. The zero-order chi connectivity index (χ0) is 32.4. The number of unbranched alkanes of at least 4 members (excludes halogenated alkanes) is 4. The Balaban J connectivity index is 1.02. The van der Waals surface area contributed by atoms with Crippen LogP contribution in [0.3, 0.4) is 0 Å². The number of carbonyl (C=O) groups excluding carboxylic acids is 2. The minimum Gasteiger partial charge on any atom is -0.465 e. The van der Waals surface area contributed by atoms with Crippen LogP contribution in [0.2, 0.25) is 0 Å². The predicted molar refractivity (Wildman–Crippen MR) is 177 cm³/mol. The van der Waals surface area contributed by atoms with E-state index in [1.54, 1.807) is 29.2 Å². The molecule has 0 aromatic heterocycles. The normalized spacial score (nSPS) is 13.1. The molecular weight excluding hydrogens is 586 g/mol. The lowest BCUT2D eigenvalue weighted by atomic mass is 10.1. The summed E-state index contributed by atoms with van der Waals surface area (Å²) in [5.41, 5.74) is 1.88. The van der Waals surface area contributed by atoms with Crippen LogP contribution in [-0.4, -0.2) is 67.2 Å². The standard InChI is InChI=1S/C36H45N3O7/c40-34(37-24-10-9-15-29-13-5-3-6-14-29)46-33-22-26-38(27-23-33)36(43)44-28-12-2-1-11-25-39(35(41)42)30-18-20-32(21-19-30)45-31-16-7-4-8-17-31/h3-8,13-14,16-21,33H,1-2,9-12,15,22-28H2,(H,37,40)(H,41,42). The Labute approximate surface area is 271 Å². The topological polar surface area (TPSA) is 118 Å². The van der Waals surface area contributed by atoms with Crippen LogP contribution in [0.25, 0.3) is 0 Å². The van der Waals surface area contributed by atoms with Crippen molar-refractivity contribution in [2.45, 2.75) is 63.9 Å². The second-order valence-corrected chi connectivity index (χ2v) is 11.3. The number of amides is 3. The van der Waals surface area contributed by atoms with Gasteiger partial charge >= 0.3 is 18.3 Å². The zero-order valence-corrected chi connectivity index (χ0v) is 26.4. The SMILES string of the molecule is O=C(NCCCCc1ccccc1)OC1CCN(C(=O)OCCCCCCN(C(=O)O)c2ccc(Oc3ccccc3)cc2)CC1. The maximum Gasteiger partial charge on any atom is 0.411 e. The summed E-state index contributed by atoms with van der Waals surface area (Å²) < 4.78 is 16.8. The number of aryl methyl sites for hydroxylation is 1. The summed E-state index contributed by atoms with van der Waals surface area (Å²) in [6.45, 7) is 2.23. The van der Waals surface area contributed by atoms with E-state index in [2.05, 4.69) is 17.4 Å². The minimum absolute atomic E-state index is 0.209. The molecule has 0 atom stereocenters. The molecule has 2 N–H and O–H groups in total. The Hall–Kier alpha value is -4.73. The van der Waals surface area contributed by atoms with Gasteiger partial charge in [0.2, 0.25) is 0 Å². The summed E-state index contributed by atoms with van der Waals surface area (Å²) in [5.74, 6) is 1.35. The van der Waals surface area contributed by atoms with Crippen molar-refractivity contribution in [3.8, 4) is 11.5 Å². The third kappa shape index (κ3) is 12.0. The number of alkyl carbamates (subject to hydrolysis) is 1. The molecule has 1 heterocycles. The number of nitrogens with one attached hydrogen (secondary N) is 1. The molecule has 0 saturated carbocycles. The molecule has 3 amide bonds. The number of hydrogen-bond acceptors (Lipinski definition) is 6. The number of ether oxygens (including phenoxy) is 3. The number of piperidine rings is 1. The fraction of sp³-hybridized carbons (Fsp3) is 0.417. The maximum absolute atomic E-state index is 12.5. The van der Waals surface area contributed by atoms with Gasteiger partial charge in [0.1, 0.15) is 17.6 Å². The van der Waals surface area contributed by atoms with Gasteiger partial charge in [-0.2, -0.15) is 0 Å². The molecule has 10 heteroatoms. The van der Waals surface area contributed by atoms with Crippen LogP contribution < -0.4 is 15.0 Å². The third-order valence-electron chi connectivity index (χ3n) is 7.84. The molecule has 4 rings (SSSR count). The fourth-order valence-electron chi connectivity index (χ4n) is 5.27. The Kier molecular flexibility index (Phi) is 14.1.